The normalized spacial score (nSPS) is 11.9. The highest BCUT2D eigenvalue weighted by Crippen LogP contribution is 2.31. The van der Waals surface area contributed by atoms with Gasteiger partial charge in [0, 0.05) is 12.1 Å². The van der Waals surface area contributed by atoms with Gasteiger partial charge in [0.25, 0.3) is 5.89 Å². The predicted octanol–water partition coefficient (Wildman–Crippen LogP) is 1.74. The molecule has 0 spiro atoms. The number of ether oxygens (including phenoxy) is 1. The van der Waals surface area contributed by atoms with Gasteiger partial charge in [-0.1, -0.05) is 5.16 Å². The summed E-state index contributed by atoms with van der Waals surface area (Å²) in [5.74, 6) is 0.807. The number of aliphatic hydroxyl groups excluding tert-OH is 2. The Morgan fingerprint density at radius 2 is 2.07 bits per heavy atom. The van der Waals surface area contributed by atoms with Crippen molar-refractivity contribution >= 4 is 23.5 Å². The number of aryl methyl sites for hydroxylation is 2. The zero-order valence-corrected chi connectivity index (χ0v) is 17.2. The fourth-order valence-corrected chi connectivity index (χ4v) is 3.55. The van der Waals surface area contributed by atoms with Crippen molar-refractivity contribution in [1.29, 1.82) is 0 Å². The lowest BCUT2D eigenvalue weighted by Crippen LogP contribution is -2.36. The molecule has 1 atom stereocenters. The van der Waals surface area contributed by atoms with Crippen LogP contribution < -0.4 is 10.1 Å². The van der Waals surface area contributed by atoms with Crippen molar-refractivity contribution in [2.24, 2.45) is 0 Å². The molecule has 2 heterocycles. The number of thiophene rings is 1. The van der Waals surface area contributed by atoms with Crippen LogP contribution in [0.5, 0.6) is 5.75 Å². The SMILES string of the molecule is Cc1cc(-c2noc(-c3ccc(C=O)s3)n2)cc(C)c1OCC(O)CNC(=O)CO. The molecular weight excluding hydrogens is 410 g/mol. The number of carbonyl (C=O) groups excluding carboxylic acids is 2. The summed E-state index contributed by atoms with van der Waals surface area (Å²) in [5, 5.41) is 25.0. The minimum Gasteiger partial charge on any atom is -0.490 e. The summed E-state index contributed by atoms with van der Waals surface area (Å²) in [7, 11) is 0. The number of aliphatic hydroxyl groups is 2. The Labute approximate surface area is 176 Å². The van der Waals surface area contributed by atoms with E-state index in [-0.39, 0.29) is 13.2 Å². The van der Waals surface area contributed by atoms with Gasteiger partial charge in [-0.05, 0) is 49.2 Å². The first-order valence-corrected chi connectivity index (χ1v) is 9.92. The topological polar surface area (TPSA) is 135 Å². The highest BCUT2D eigenvalue weighted by atomic mass is 32.1. The first-order chi connectivity index (χ1) is 14.4. The number of rotatable bonds is 9. The van der Waals surface area contributed by atoms with Crippen LogP contribution in [0.15, 0.2) is 28.8 Å². The van der Waals surface area contributed by atoms with Crippen LogP contribution in [0.4, 0.5) is 0 Å². The second kappa shape index (κ2) is 9.61. The highest BCUT2D eigenvalue weighted by molar-refractivity contribution is 7.16. The van der Waals surface area contributed by atoms with Gasteiger partial charge < -0.3 is 24.8 Å². The van der Waals surface area contributed by atoms with E-state index in [2.05, 4.69) is 15.5 Å². The second-order valence-corrected chi connectivity index (χ2v) is 7.72. The number of hydrogen-bond donors (Lipinski definition) is 3. The molecule has 0 saturated heterocycles. The standard InChI is InChI=1S/C20H21N3O6S/c1-11-5-13(19-22-20(29-23-19)16-4-3-15(8-24)30-16)6-12(2)18(11)28-10-14(26)7-21-17(27)9-25/h3-6,8,14,25-26H,7,9-10H2,1-2H3,(H,21,27). The van der Waals surface area contributed by atoms with Gasteiger partial charge in [-0.2, -0.15) is 4.98 Å². The van der Waals surface area contributed by atoms with Crippen molar-refractivity contribution in [2.75, 3.05) is 19.8 Å². The van der Waals surface area contributed by atoms with Crippen LogP contribution in [0.3, 0.4) is 0 Å². The van der Waals surface area contributed by atoms with Gasteiger partial charge in [0.15, 0.2) is 6.29 Å². The van der Waals surface area contributed by atoms with E-state index in [1.807, 2.05) is 26.0 Å². The smallest absolute Gasteiger partial charge is 0.268 e. The van der Waals surface area contributed by atoms with Gasteiger partial charge in [0.05, 0.1) is 9.75 Å². The van der Waals surface area contributed by atoms with Crippen LogP contribution in [-0.4, -0.2) is 58.4 Å². The number of amides is 1. The van der Waals surface area contributed by atoms with E-state index in [1.165, 1.54) is 11.3 Å². The molecule has 0 radical (unpaired) electrons. The van der Waals surface area contributed by atoms with Crippen molar-refractivity contribution in [3.63, 3.8) is 0 Å². The zero-order valence-electron chi connectivity index (χ0n) is 16.4. The number of aldehydes is 1. The molecule has 3 N–H and O–H groups in total. The maximum atomic E-state index is 11.0. The van der Waals surface area contributed by atoms with Gasteiger partial charge in [0.1, 0.15) is 25.1 Å². The largest absolute Gasteiger partial charge is 0.490 e. The quantitative estimate of drug-likeness (QED) is 0.436. The average molecular weight is 431 g/mol. The van der Waals surface area contributed by atoms with Crippen LogP contribution in [-0.2, 0) is 4.79 Å². The molecule has 9 nitrogen and oxygen atoms in total. The summed E-state index contributed by atoms with van der Waals surface area (Å²) >= 11 is 1.27. The molecule has 2 aromatic heterocycles. The van der Waals surface area contributed by atoms with E-state index < -0.39 is 18.6 Å². The lowest BCUT2D eigenvalue weighted by molar-refractivity contribution is -0.124. The van der Waals surface area contributed by atoms with Gasteiger partial charge >= 0.3 is 0 Å². The molecule has 3 rings (SSSR count). The Bertz CT molecular complexity index is 1020. The summed E-state index contributed by atoms with van der Waals surface area (Å²) in [6, 6.07) is 7.15. The van der Waals surface area contributed by atoms with Gasteiger partial charge in [0.2, 0.25) is 11.7 Å². The number of carbonyl (C=O) groups is 2. The number of nitrogens with one attached hydrogen (secondary N) is 1. The van der Waals surface area contributed by atoms with Crippen LogP contribution in [0.2, 0.25) is 0 Å². The van der Waals surface area contributed by atoms with Crippen molar-refractivity contribution < 1.29 is 29.1 Å². The van der Waals surface area contributed by atoms with E-state index in [4.69, 9.17) is 14.4 Å². The van der Waals surface area contributed by atoms with Gasteiger partial charge in [-0.3, -0.25) is 9.59 Å². The molecule has 30 heavy (non-hydrogen) atoms. The first-order valence-electron chi connectivity index (χ1n) is 9.10. The monoisotopic (exact) mass is 431 g/mol. The number of hydrogen-bond acceptors (Lipinski definition) is 9. The minimum absolute atomic E-state index is 0.0173. The summed E-state index contributed by atoms with van der Waals surface area (Å²) in [4.78, 5) is 27.6. The Morgan fingerprint density at radius 1 is 1.33 bits per heavy atom. The Kier molecular flexibility index (Phi) is 6.93. The summed E-state index contributed by atoms with van der Waals surface area (Å²) in [6.45, 7) is 3.06. The number of aromatic nitrogens is 2. The predicted molar refractivity (Wildman–Crippen MR) is 110 cm³/mol. The lowest BCUT2D eigenvalue weighted by Gasteiger charge is -2.16. The molecule has 0 fully saturated rings. The average Bonchev–Trinajstić information content (AvgIpc) is 3.40. The molecule has 158 valence electrons. The molecule has 3 aromatic rings. The summed E-state index contributed by atoms with van der Waals surface area (Å²) in [5.41, 5.74) is 2.39. The highest BCUT2D eigenvalue weighted by Gasteiger charge is 2.16. The van der Waals surface area contributed by atoms with E-state index >= 15 is 0 Å². The van der Waals surface area contributed by atoms with Crippen LogP contribution >= 0.6 is 11.3 Å². The van der Waals surface area contributed by atoms with E-state index in [0.717, 1.165) is 23.0 Å². The van der Waals surface area contributed by atoms with Crippen molar-refractivity contribution in [3.8, 4) is 27.9 Å². The minimum atomic E-state index is -0.916. The van der Waals surface area contributed by atoms with E-state index in [9.17, 15) is 14.7 Å². The third-order valence-corrected chi connectivity index (χ3v) is 5.20. The van der Waals surface area contributed by atoms with Gasteiger partial charge in [-0.15, -0.1) is 11.3 Å². The van der Waals surface area contributed by atoms with E-state index in [0.29, 0.717) is 27.2 Å². The molecule has 0 aliphatic carbocycles. The third-order valence-electron chi connectivity index (χ3n) is 4.20. The molecule has 0 aliphatic rings. The maximum Gasteiger partial charge on any atom is 0.268 e. The Balaban J connectivity index is 1.70. The molecule has 0 saturated carbocycles. The molecule has 1 unspecified atom stereocenters. The van der Waals surface area contributed by atoms with Crippen molar-refractivity contribution in [3.05, 3.63) is 40.3 Å². The van der Waals surface area contributed by atoms with Crippen LogP contribution in [0.25, 0.3) is 22.2 Å². The summed E-state index contributed by atoms with van der Waals surface area (Å²) < 4.78 is 11.0. The molecule has 1 amide bonds. The Hall–Kier alpha value is -3.08. The van der Waals surface area contributed by atoms with Crippen LogP contribution in [0, 0.1) is 13.8 Å². The molecule has 1 aromatic carbocycles. The molecule has 10 heteroatoms. The molecule has 0 bridgehead atoms. The summed E-state index contributed by atoms with van der Waals surface area (Å²) in [6.07, 6.45) is -0.144. The fraction of sp³-hybridized carbons (Fsp3) is 0.300. The fourth-order valence-electron chi connectivity index (χ4n) is 2.80. The molecular formula is C20H21N3O6S. The van der Waals surface area contributed by atoms with Crippen molar-refractivity contribution in [2.45, 2.75) is 20.0 Å². The Morgan fingerprint density at radius 3 is 2.70 bits per heavy atom. The second-order valence-electron chi connectivity index (χ2n) is 6.61. The zero-order chi connectivity index (χ0) is 21.7. The van der Waals surface area contributed by atoms with Gasteiger partial charge in [-0.25, -0.2) is 0 Å². The van der Waals surface area contributed by atoms with Crippen molar-refractivity contribution in [1.82, 2.24) is 15.5 Å². The van der Waals surface area contributed by atoms with E-state index in [1.54, 1.807) is 12.1 Å². The number of benzene rings is 1. The number of nitrogens with zero attached hydrogens (tertiary/aromatic N) is 2. The lowest BCUT2D eigenvalue weighted by atomic mass is 10.1. The maximum absolute atomic E-state index is 11.0. The van der Waals surface area contributed by atoms with Crippen LogP contribution in [0.1, 0.15) is 20.8 Å². The molecule has 0 aliphatic heterocycles. The first kappa shape index (κ1) is 21.6. The third kappa shape index (κ3) is 5.09.